The third-order valence-corrected chi connectivity index (χ3v) is 5.46. The Hall–Kier alpha value is -3.89. The molecule has 0 radical (unpaired) electrons. The maximum atomic E-state index is 12.5. The van der Waals surface area contributed by atoms with Gasteiger partial charge in [-0.25, -0.2) is 0 Å². The number of ether oxygens (including phenoxy) is 1. The monoisotopic (exact) mass is 503 g/mol. The second-order valence-electron chi connectivity index (χ2n) is 7.14. The molecule has 3 aromatic rings. The van der Waals surface area contributed by atoms with Gasteiger partial charge in [0.1, 0.15) is 24.0 Å². The lowest BCUT2D eigenvalue weighted by molar-refractivity contribution is -0.255. The van der Waals surface area contributed by atoms with Crippen molar-refractivity contribution in [1.82, 2.24) is 0 Å². The Kier molecular flexibility index (Phi) is 8.01. The van der Waals surface area contributed by atoms with Crippen molar-refractivity contribution in [2.45, 2.75) is 20.0 Å². The van der Waals surface area contributed by atoms with E-state index in [9.17, 15) is 20.0 Å². The van der Waals surface area contributed by atoms with E-state index in [0.29, 0.717) is 21.5 Å². The van der Waals surface area contributed by atoms with E-state index in [1.165, 1.54) is 18.2 Å². The van der Waals surface area contributed by atoms with E-state index in [1.807, 2.05) is 18.2 Å². The number of amides is 1. The SMILES string of the molecule is CCc1ccc(NC(=O)C(C#N)=Cc2ccc(OCc3ccc(C(=O)[O-])cc3)c(Br)c2)cc1. The van der Waals surface area contributed by atoms with Crippen LogP contribution in [0.3, 0.4) is 0 Å². The molecule has 0 aromatic heterocycles. The van der Waals surface area contributed by atoms with Gasteiger partial charge in [0.15, 0.2) is 0 Å². The third kappa shape index (κ3) is 6.55. The molecule has 0 saturated carbocycles. The summed E-state index contributed by atoms with van der Waals surface area (Å²) in [6.07, 6.45) is 2.41. The Morgan fingerprint density at radius 3 is 2.30 bits per heavy atom. The van der Waals surface area contributed by atoms with Crippen LogP contribution in [0.4, 0.5) is 5.69 Å². The second-order valence-corrected chi connectivity index (χ2v) is 7.99. The molecular weight excluding hydrogens is 484 g/mol. The van der Waals surface area contributed by atoms with E-state index in [4.69, 9.17) is 4.74 Å². The lowest BCUT2D eigenvalue weighted by atomic mass is 10.1. The van der Waals surface area contributed by atoms with Gasteiger partial charge in [0.25, 0.3) is 5.91 Å². The number of aromatic carboxylic acids is 1. The molecule has 0 spiro atoms. The van der Waals surface area contributed by atoms with Gasteiger partial charge >= 0.3 is 0 Å². The fourth-order valence-corrected chi connectivity index (χ4v) is 3.47. The fourth-order valence-electron chi connectivity index (χ4n) is 2.96. The lowest BCUT2D eigenvalue weighted by Gasteiger charge is -2.10. The highest BCUT2D eigenvalue weighted by molar-refractivity contribution is 9.10. The lowest BCUT2D eigenvalue weighted by Crippen LogP contribution is -2.22. The van der Waals surface area contributed by atoms with E-state index in [2.05, 4.69) is 28.2 Å². The van der Waals surface area contributed by atoms with Gasteiger partial charge in [-0.1, -0.05) is 49.4 Å². The van der Waals surface area contributed by atoms with Gasteiger partial charge < -0.3 is 20.0 Å². The first kappa shape index (κ1) is 23.8. The number of nitriles is 1. The van der Waals surface area contributed by atoms with E-state index >= 15 is 0 Å². The summed E-state index contributed by atoms with van der Waals surface area (Å²) in [5, 5.41) is 23.0. The first-order chi connectivity index (χ1) is 15.9. The standard InChI is InChI=1S/C26H21BrN2O4/c1-2-17-5-10-22(11-6-17)29-25(30)21(15-28)13-19-7-12-24(23(27)14-19)33-16-18-3-8-20(9-4-18)26(31)32/h3-14H,2,16H2,1H3,(H,29,30)(H,31,32)/p-1. The van der Waals surface area contributed by atoms with Crippen molar-refractivity contribution in [3.8, 4) is 11.8 Å². The zero-order valence-corrected chi connectivity index (χ0v) is 19.4. The van der Waals surface area contributed by atoms with E-state index in [-0.39, 0.29) is 17.7 Å². The minimum Gasteiger partial charge on any atom is -0.545 e. The van der Waals surface area contributed by atoms with Crippen molar-refractivity contribution in [3.63, 3.8) is 0 Å². The largest absolute Gasteiger partial charge is 0.545 e. The normalized spacial score (nSPS) is 10.9. The summed E-state index contributed by atoms with van der Waals surface area (Å²) < 4.78 is 6.43. The molecular formula is C26H20BrN2O4-. The van der Waals surface area contributed by atoms with Gasteiger partial charge in [0.05, 0.1) is 10.4 Å². The molecule has 0 aliphatic rings. The van der Waals surface area contributed by atoms with E-state index in [1.54, 1.807) is 42.5 Å². The number of nitrogens with one attached hydrogen (secondary N) is 1. The molecule has 0 unspecified atom stereocenters. The highest BCUT2D eigenvalue weighted by atomic mass is 79.9. The quantitative estimate of drug-likeness (QED) is 0.360. The summed E-state index contributed by atoms with van der Waals surface area (Å²) in [7, 11) is 0. The molecule has 166 valence electrons. The minimum atomic E-state index is -1.23. The maximum absolute atomic E-state index is 12.5. The molecule has 1 N–H and O–H groups in total. The van der Waals surface area contributed by atoms with Crippen molar-refractivity contribution in [1.29, 1.82) is 5.26 Å². The fraction of sp³-hybridized carbons (Fsp3) is 0.115. The molecule has 0 saturated heterocycles. The van der Waals surface area contributed by atoms with Gasteiger partial charge in [-0.2, -0.15) is 5.26 Å². The van der Waals surface area contributed by atoms with Crippen LogP contribution in [0.1, 0.15) is 34.0 Å². The Morgan fingerprint density at radius 1 is 1.06 bits per heavy atom. The number of halogens is 1. The number of carbonyl (C=O) groups is 2. The van der Waals surface area contributed by atoms with Crippen LogP contribution in [0.25, 0.3) is 6.08 Å². The summed E-state index contributed by atoms with van der Waals surface area (Å²) in [6.45, 7) is 2.29. The van der Waals surface area contributed by atoms with Gasteiger partial charge in [0.2, 0.25) is 0 Å². The van der Waals surface area contributed by atoms with Gasteiger partial charge in [-0.15, -0.1) is 0 Å². The third-order valence-electron chi connectivity index (χ3n) is 4.84. The average Bonchev–Trinajstić information content (AvgIpc) is 2.82. The molecule has 7 heteroatoms. The molecule has 33 heavy (non-hydrogen) atoms. The number of rotatable bonds is 8. The van der Waals surface area contributed by atoms with Crippen LogP contribution in [0, 0.1) is 11.3 Å². The second kappa shape index (κ2) is 11.1. The van der Waals surface area contributed by atoms with Crippen molar-refractivity contribution in [3.05, 3.63) is 99.0 Å². The summed E-state index contributed by atoms with van der Waals surface area (Å²) in [6, 6.07) is 20.9. The van der Waals surface area contributed by atoms with Gasteiger partial charge in [0, 0.05) is 5.69 Å². The Balaban J connectivity index is 1.67. The number of carboxylic acids is 1. The predicted octanol–water partition coefficient (Wildman–Crippen LogP) is 4.50. The summed E-state index contributed by atoms with van der Waals surface area (Å²) in [4.78, 5) is 23.3. The average molecular weight is 504 g/mol. The van der Waals surface area contributed by atoms with E-state index < -0.39 is 11.9 Å². The summed E-state index contributed by atoms with van der Waals surface area (Å²) in [5.41, 5.74) is 3.31. The number of aryl methyl sites for hydroxylation is 1. The number of nitrogens with zero attached hydrogens (tertiary/aromatic N) is 1. The Bertz CT molecular complexity index is 1230. The molecule has 0 fully saturated rings. The van der Waals surface area contributed by atoms with E-state index in [0.717, 1.165) is 17.5 Å². The van der Waals surface area contributed by atoms with Gasteiger partial charge in [-0.05, 0) is 74.9 Å². The zero-order chi connectivity index (χ0) is 23.8. The van der Waals surface area contributed by atoms with Crippen molar-refractivity contribution in [2.75, 3.05) is 5.32 Å². The minimum absolute atomic E-state index is 0.0249. The Labute approximate surface area is 200 Å². The smallest absolute Gasteiger partial charge is 0.266 e. The van der Waals surface area contributed by atoms with Crippen molar-refractivity contribution >= 4 is 39.6 Å². The molecule has 0 atom stereocenters. The highest BCUT2D eigenvalue weighted by Crippen LogP contribution is 2.28. The number of hydrogen-bond donors (Lipinski definition) is 1. The van der Waals surface area contributed by atoms with Gasteiger partial charge in [-0.3, -0.25) is 4.79 Å². The van der Waals surface area contributed by atoms with Crippen LogP contribution in [0.2, 0.25) is 0 Å². The number of carbonyl (C=O) groups excluding carboxylic acids is 2. The van der Waals surface area contributed by atoms with Crippen LogP contribution in [-0.2, 0) is 17.8 Å². The Morgan fingerprint density at radius 2 is 1.73 bits per heavy atom. The first-order valence-electron chi connectivity index (χ1n) is 10.1. The number of benzene rings is 3. The molecule has 3 rings (SSSR count). The zero-order valence-electron chi connectivity index (χ0n) is 17.8. The molecule has 0 aliphatic heterocycles. The maximum Gasteiger partial charge on any atom is 0.266 e. The number of anilines is 1. The van der Waals surface area contributed by atoms with Crippen LogP contribution < -0.4 is 15.2 Å². The van der Waals surface area contributed by atoms with Crippen molar-refractivity contribution in [2.24, 2.45) is 0 Å². The predicted molar refractivity (Wildman–Crippen MR) is 127 cm³/mol. The number of hydrogen-bond acceptors (Lipinski definition) is 5. The topological polar surface area (TPSA) is 102 Å². The molecule has 0 bridgehead atoms. The van der Waals surface area contributed by atoms with Crippen LogP contribution in [-0.4, -0.2) is 11.9 Å². The van der Waals surface area contributed by atoms with Crippen LogP contribution in [0.5, 0.6) is 5.75 Å². The van der Waals surface area contributed by atoms with Crippen molar-refractivity contribution < 1.29 is 19.4 Å². The molecule has 0 heterocycles. The molecule has 6 nitrogen and oxygen atoms in total. The van der Waals surface area contributed by atoms with Crippen LogP contribution in [0.15, 0.2) is 76.8 Å². The number of carboxylic acid groups (broad SMARTS) is 1. The molecule has 1 amide bonds. The molecule has 3 aromatic carbocycles. The summed E-state index contributed by atoms with van der Waals surface area (Å²) >= 11 is 3.44. The molecule has 0 aliphatic carbocycles. The summed E-state index contributed by atoms with van der Waals surface area (Å²) in [5.74, 6) is -1.15. The first-order valence-corrected chi connectivity index (χ1v) is 10.9. The highest BCUT2D eigenvalue weighted by Gasteiger charge is 2.11. The van der Waals surface area contributed by atoms with Crippen LogP contribution >= 0.6 is 15.9 Å².